The van der Waals surface area contributed by atoms with Crippen molar-refractivity contribution in [3.63, 3.8) is 0 Å². The maximum absolute atomic E-state index is 12.7. The second-order valence-corrected chi connectivity index (χ2v) is 7.90. The summed E-state index contributed by atoms with van der Waals surface area (Å²) in [6, 6.07) is 6.05. The van der Waals surface area contributed by atoms with E-state index >= 15 is 0 Å². The van der Waals surface area contributed by atoms with Gasteiger partial charge in [0.1, 0.15) is 6.04 Å². The molecule has 4 rings (SSSR count). The molecule has 1 saturated heterocycles. The highest BCUT2D eigenvalue weighted by atomic mass is 16.2. The van der Waals surface area contributed by atoms with E-state index in [-0.39, 0.29) is 30.2 Å². The van der Waals surface area contributed by atoms with Crippen molar-refractivity contribution >= 4 is 17.7 Å². The molecule has 4 N–H and O–H groups in total. The normalized spacial score (nSPS) is 28.3. The van der Waals surface area contributed by atoms with Gasteiger partial charge in [-0.15, -0.1) is 0 Å². The SMILES string of the molecule is N[C@H]1CCC[C@H](NCc2ccc3c(c2)CN(C2CCC(=O)NC2=O)C3=O)C1. The molecule has 0 spiro atoms. The molecule has 2 heterocycles. The molecule has 0 aromatic heterocycles. The van der Waals surface area contributed by atoms with Crippen LogP contribution in [0.15, 0.2) is 18.2 Å². The van der Waals surface area contributed by atoms with Gasteiger partial charge >= 0.3 is 0 Å². The molecule has 1 aromatic rings. The Bertz CT molecular complexity index is 778. The van der Waals surface area contributed by atoms with Crippen molar-refractivity contribution in [1.82, 2.24) is 15.5 Å². The summed E-state index contributed by atoms with van der Waals surface area (Å²) >= 11 is 0. The van der Waals surface area contributed by atoms with Gasteiger partial charge in [-0.05, 0) is 42.9 Å². The Morgan fingerprint density at radius 1 is 1.19 bits per heavy atom. The summed E-state index contributed by atoms with van der Waals surface area (Å²) in [6.07, 6.45) is 5.09. The molecule has 1 aromatic carbocycles. The highest BCUT2D eigenvalue weighted by Crippen LogP contribution is 2.28. The summed E-state index contributed by atoms with van der Waals surface area (Å²) in [5, 5.41) is 5.91. The number of hydrogen-bond acceptors (Lipinski definition) is 5. The number of piperidine rings is 1. The average molecular weight is 370 g/mol. The number of hydrogen-bond donors (Lipinski definition) is 3. The lowest BCUT2D eigenvalue weighted by atomic mass is 9.91. The van der Waals surface area contributed by atoms with E-state index in [9.17, 15) is 14.4 Å². The van der Waals surface area contributed by atoms with Crippen molar-refractivity contribution in [2.24, 2.45) is 5.73 Å². The van der Waals surface area contributed by atoms with Crippen molar-refractivity contribution in [1.29, 1.82) is 0 Å². The van der Waals surface area contributed by atoms with E-state index in [1.165, 1.54) is 6.42 Å². The van der Waals surface area contributed by atoms with Crippen LogP contribution in [0.2, 0.25) is 0 Å². The highest BCUT2D eigenvalue weighted by molar-refractivity contribution is 6.05. The lowest BCUT2D eigenvalue weighted by Crippen LogP contribution is -2.52. The van der Waals surface area contributed by atoms with Gasteiger partial charge in [0.05, 0.1) is 0 Å². The molecular weight excluding hydrogens is 344 g/mol. The third-order valence-corrected chi connectivity index (χ3v) is 5.90. The number of benzene rings is 1. The van der Waals surface area contributed by atoms with Crippen molar-refractivity contribution in [2.75, 3.05) is 0 Å². The Labute approximate surface area is 158 Å². The molecule has 0 bridgehead atoms. The summed E-state index contributed by atoms with van der Waals surface area (Å²) in [5.74, 6) is -0.767. The van der Waals surface area contributed by atoms with E-state index in [0.717, 1.165) is 36.9 Å². The zero-order valence-electron chi connectivity index (χ0n) is 15.4. The number of carbonyl (C=O) groups is 3. The molecule has 1 aliphatic carbocycles. The standard InChI is InChI=1S/C20H26N4O3/c21-14-2-1-3-15(9-14)22-10-12-4-5-16-13(8-12)11-24(20(16)27)17-6-7-18(25)23-19(17)26/h4-5,8,14-15,17,22H,1-3,6-7,9-11,21H2,(H,23,25,26)/t14-,15-,17?/m0/s1. The van der Waals surface area contributed by atoms with Crippen LogP contribution < -0.4 is 16.4 Å². The van der Waals surface area contributed by atoms with Crippen LogP contribution in [0.1, 0.15) is 60.0 Å². The Kier molecular flexibility index (Phi) is 4.97. The van der Waals surface area contributed by atoms with Gasteiger partial charge in [-0.1, -0.05) is 18.6 Å². The summed E-state index contributed by atoms with van der Waals surface area (Å²) in [7, 11) is 0. The number of nitrogens with two attached hydrogens (primary N) is 1. The average Bonchev–Trinajstić information content (AvgIpc) is 2.96. The quantitative estimate of drug-likeness (QED) is 0.680. The molecule has 1 unspecified atom stereocenters. The van der Waals surface area contributed by atoms with Crippen molar-refractivity contribution in [3.05, 3.63) is 34.9 Å². The molecule has 2 aliphatic heterocycles. The first-order valence-electron chi connectivity index (χ1n) is 9.76. The molecule has 3 aliphatic rings. The van der Waals surface area contributed by atoms with Gasteiger partial charge in [-0.25, -0.2) is 0 Å². The van der Waals surface area contributed by atoms with Crippen LogP contribution in [0.25, 0.3) is 0 Å². The van der Waals surface area contributed by atoms with Gasteiger partial charge in [0.2, 0.25) is 11.8 Å². The molecule has 7 heteroatoms. The molecule has 0 radical (unpaired) electrons. The second kappa shape index (κ2) is 7.40. The van der Waals surface area contributed by atoms with E-state index < -0.39 is 6.04 Å². The predicted molar refractivity (Wildman–Crippen MR) is 99.6 cm³/mol. The number of amides is 3. The van der Waals surface area contributed by atoms with Gasteiger partial charge in [-0.3, -0.25) is 19.7 Å². The number of imide groups is 1. The highest BCUT2D eigenvalue weighted by Gasteiger charge is 2.39. The van der Waals surface area contributed by atoms with Crippen LogP contribution in [0.5, 0.6) is 0 Å². The number of rotatable bonds is 4. The Balaban J connectivity index is 1.41. The Morgan fingerprint density at radius 3 is 2.81 bits per heavy atom. The molecule has 3 atom stereocenters. The number of carbonyl (C=O) groups excluding carboxylic acids is 3. The lowest BCUT2D eigenvalue weighted by Gasteiger charge is -2.29. The van der Waals surface area contributed by atoms with Gasteiger partial charge in [-0.2, -0.15) is 0 Å². The number of fused-ring (bicyclic) bond motifs is 1. The molecule has 3 amide bonds. The topological polar surface area (TPSA) is 105 Å². The van der Waals surface area contributed by atoms with Gasteiger partial charge < -0.3 is 16.0 Å². The van der Waals surface area contributed by atoms with Crippen LogP contribution in [-0.2, 0) is 22.7 Å². The van der Waals surface area contributed by atoms with Gasteiger partial charge in [0.15, 0.2) is 0 Å². The van der Waals surface area contributed by atoms with E-state index in [4.69, 9.17) is 5.73 Å². The zero-order valence-corrected chi connectivity index (χ0v) is 15.4. The first-order chi connectivity index (χ1) is 13.0. The molecular formula is C20H26N4O3. The van der Waals surface area contributed by atoms with Crippen LogP contribution in [0.4, 0.5) is 0 Å². The summed E-state index contributed by atoms with van der Waals surface area (Å²) in [4.78, 5) is 37.8. The lowest BCUT2D eigenvalue weighted by molar-refractivity contribution is -0.136. The minimum atomic E-state index is -0.562. The Hall–Kier alpha value is -2.25. The largest absolute Gasteiger partial charge is 0.328 e. The third-order valence-electron chi connectivity index (χ3n) is 5.90. The minimum Gasteiger partial charge on any atom is -0.328 e. The van der Waals surface area contributed by atoms with Crippen LogP contribution >= 0.6 is 0 Å². The van der Waals surface area contributed by atoms with Crippen LogP contribution in [-0.4, -0.2) is 40.7 Å². The van der Waals surface area contributed by atoms with Crippen molar-refractivity contribution in [2.45, 2.75) is 69.7 Å². The van der Waals surface area contributed by atoms with Crippen LogP contribution in [0, 0.1) is 0 Å². The van der Waals surface area contributed by atoms with E-state index in [1.54, 1.807) is 4.90 Å². The molecule has 27 heavy (non-hydrogen) atoms. The fourth-order valence-corrected chi connectivity index (χ4v) is 4.41. The van der Waals surface area contributed by atoms with E-state index in [2.05, 4.69) is 16.7 Å². The maximum atomic E-state index is 12.7. The maximum Gasteiger partial charge on any atom is 0.255 e. The molecule has 144 valence electrons. The number of nitrogens with one attached hydrogen (secondary N) is 2. The first kappa shape index (κ1) is 18.1. The minimum absolute atomic E-state index is 0.128. The van der Waals surface area contributed by atoms with E-state index in [0.29, 0.717) is 24.6 Å². The fourth-order valence-electron chi connectivity index (χ4n) is 4.41. The van der Waals surface area contributed by atoms with Gasteiger partial charge in [0.25, 0.3) is 5.91 Å². The zero-order chi connectivity index (χ0) is 19.0. The first-order valence-corrected chi connectivity index (χ1v) is 9.76. The summed E-state index contributed by atoms with van der Waals surface area (Å²) in [5.41, 5.74) is 8.79. The monoisotopic (exact) mass is 370 g/mol. The fraction of sp³-hybridized carbons (Fsp3) is 0.550. The van der Waals surface area contributed by atoms with Crippen molar-refractivity contribution < 1.29 is 14.4 Å². The van der Waals surface area contributed by atoms with Gasteiger partial charge in [0, 0.05) is 37.2 Å². The second-order valence-electron chi connectivity index (χ2n) is 7.90. The van der Waals surface area contributed by atoms with Crippen molar-refractivity contribution in [3.8, 4) is 0 Å². The Morgan fingerprint density at radius 2 is 2.04 bits per heavy atom. The summed E-state index contributed by atoms with van der Waals surface area (Å²) < 4.78 is 0. The molecule has 2 fully saturated rings. The van der Waals surface area contributed by atoms with E-state index in [1.807, 2.05) is 12.1 Å². The smallest absolute Gasteiger partial charge is 0.255 e. The molecule has 7 nitrogen and oxygen atoms in total. The third kappa shape index (κ3) is 3.75. The molecule has 1 saturated carbocycles. The van der Waals surface area contributed by atoms with Crippen LogP contribution in [0.3, 0.4) is 0 Å². The number of nitrogens with zero attached hydrogens (tertiary/aromatic N) is 1. The predicted octanol–water partition coefficient (Wildman–Crippen LogP) is 0.807. The summed E-state index contributed by atoms with van der Waals surface area (Å²) in [6.45, 7) is 1.17.